The highest BCUT2D eigenvalue weighted by Crippen LogP contribution is 2.16. The maximum Gasteiger partial charge on any atom is 0.149 e. The summed E-state index contributed by atoms with van der Waals surface area (Å²) in [4.78, 5) is 4.50. The van der Waals surface area contributed by atoms with Crippen molar-refractivity contribution in [1.29, 1.82) is 0 Å². The van der Waals surface area contributed by atoms with E-state index >= 15 is 0 Å². The van der Waals surface area contributed by atoms with Gasteiger partial charge in [0.1, 0.15) is 15.7 Å². The van der Waals surface area contributed by atoms with Crippen molar-refractivity contribution >= 4 is 20.9 Å². The molecule has 0 fully saturated rings. The SMILES string of the molecule is CCc1nc2ccccc2n1CCS(C)(=O)=O. The summed E-state index contributed by atoms with van der Waals surface area (Å²) in [6, 6.07) is 7.81. The molecule has 4 nitrogen and oxygen atoms in total. The largest absolute Gasteiger partial charge is 0.327 e. The molecule has 5 heteroatoms. The first-order valence-electron chi connectivity index (χ1n) is 5.63. The van der Waals surface area contributed by atoms with Gasteiger partial charge in [-0.3, -0.25) is 0 Å². The number of rotatable bonds is 4. The quantitative estimate of drug-likeness (QED) is 0.831. The van der Waals surface area contributed by atoms with Crippen LogP contribution in [-0.2, 0) is 22.8 Å². The monoisotopic (exact) mass is 252 g/mol. The van der Waals surface area contributed by atoms with E-state index in [1.807, 2.05) is 35.8 Å². The standard InChI is InChI=1S/C12H16N2O2S/c1-3-12-13-10-6-4-5-7-11(10)14(12)8-9-17(2,15)16/h4-7H,3,8-9H2,1-2H3. The second kappa shape index (κ2) is 4.49. The van der Waals surface area contributed by atoms with E-state index in [0.717, 1.165) is 23.3 Å². The molecule has 0 atom stereocenters. The topological polar surface area (TPSA) is 52.0 Å². The fourth-order valence-electron chi connectivity index (χ4n) is 1.90. The lowest BCUT2D eigenvalue weighted by Gasteiger charge is -2.06. The summed E-state index contributed by atoms with van der Waals surface area (Å²) in [5.74, 6) is 1.09. The van der Waals surface area contributed by atoms with Crippen molar-refractivity contribution in [2.45, 2.75) is 19.9 Å². The minimum Gasteiger partial charge on any atom is -0.327 e. The minimum atomic E-state index is -2.94. The van der Waals surface area contributed by atoms with Gasteiger partial charge in [0.05, 0.1) is 16.8 Å². The Kier molecular flexibility index (Phi) is 3.19. The third-order valence-corrected chi connectivity index (χ3v) is 3.66. The lowest BCUT2D eigenvalue weighted by atomic mass is 10.3. The van der Waals surface area contributed by atoms with Gasteiger partial charge < -0.3 is 4.57 Å². The fraction of sp³-hybridized carbons (Fsp3) is 0.417. The van der Waals surface area contributed by atoms with E-state index in [0.29, 0.717) is 6.54 Å². The Labute approximate surface area is 101 Å². The number of nitrogens with zero attached hydrogens (tertiary/aromatic N) is 2. The summed E-state index contributed by atoms with van der Waals surface area (Å²) < 4.78 is 24.5. The number of benzene rings is 1. The number of hydrogen-bond acceptors (Lipinski definition) is 3. The molecule has 2 aromatic rings. The number of para-hydroxylation sites is 2. The van der Waals surface area contributed by atoms with Crippen LogP contribution in [0.25, 0.3) is 11.0 Å². The Hall–Kier alpha value is -1.36. The first-order valence-corrected chi connectivity index (χ1v) is 7.69. The third-order valence-electron chi connectivity index (χ3n) is 2.74. The van der Waals surface area contributed by atoms with E-state index in [4.69, 9.17) is 0 Å². The summed E-state index contributed by atoms with van der Waals surface area (Å²) >= 11 is 0. The number of hydrogen-bond donors (Lipinski definition) is 0. The van der Waals surface area contributed by atoms with Crippen molar-refractivity contribution in [1.82, 2.24) is 9.55 Å². The smallest absolute Gasteiger partial charge is 0.149 e. The van der Waals surface area contributed by atoms with Crippen LogP contribution < -0.4 is 0 Å². The molecule has 2 rings (SSSR count). The van der Waals surface area contributed by atoms with Crippen LogP contribution >= 0.6 is 0 Å². The van der Waals surface area contributed by atoms with E-state index in [2.05, 4.69) is 4.98 Å². The van der Waals surface area contributed by atoms with Gasteiger partial charge in [-0.15, -0.1) is 0 Å². The molecule has 0 amide bonds. The molecule has 0 unspecified atom stereocenters. The number of aryl methyl sites for hydroxylation is 2. The normalized spacial score (nSPS) is 12.1. The Morgan fingerprint density at radius 3 is 2.65 bits per heavy atom. The molecule has 0 spiro atoms. The lowest BCUT2D eigenvalue weighted by Crippen LogP contribution is -2.13. The second-order valence-corrected chi connectivity index (χ2v) is 6.41. The maximum absolute atomic E-state index is 11.2. The highest BCUT2D eigenvalue weighted by atomic mass is 32.2. The zero-order valence-corrected chi connectivity index (χ0v) is 10.9. The fourth-order valence-corrected chi connectivity index (χ4v) is 2.42. The van der Waals surface area contributed by atoms with Gasteiger partial charge >= 0.3 is 0 Å². The molecule has 1 aromatic carbocycles. The Bertz CT molecular complexity index is 629. The van der Waals surface area contributed by atoms with E-state index in [-0.39, 0.29) is 5.75 Å². The Balaban J connectivity index is 2.43. The second-order valence-electron chi connectivity index (χ2n) is 4.15. The van der Waals surface area contributed by atoms with Crippen molar-refractivity contribution in [2.75, 3.05) is 12.0 Å². The van der Waals surface area contributed by atoms with E-state index < -0.39 is 9.84 Å². The Morgan fingerprint density at radius 1 is 1.29 bits per heavy atom. The van der Waals surface area contributed by atoms with Crippen molar-refractivity contribution in [3.05, 3.63) is 30.1 Å². The molecule has 0 N–H and O–H groups in total. The maximum atomic E-state index is 11.2. The zero-order chi connectivity index (χ0) is 12.5. The summed E-state index contributed by atoms with van der Waals surface area (Å²) in [6.45, 7) is 2.50. The number of fused-ring (bicyclic) bond motifs is 1. The molecule has 17 heavy (non-hydrogen) atoms. The molecule has 0 aliphatic heterocycles. The minimum absolute atomic E-state index is 0.153. The molecule has 0 saturated carbocycles. The summed E-state index contributed by atoms with van der Waals surface area (Å²) in [7, 11) is -2.94. The van der Waals surface area contributed by atoms with Crippen LogP contribution in [0.5, 0.6) is 0 Å². The summed E-state index contributed by atoms with van der Waals surface area (Å²) in [5, 5.41) is 0. The van der Waals surface area contributed by atoms with E-state index in [1.165, 1.54) is 6.26 Å². The van der Waals surface area contributed by atoms with Crippen LogP contribution in [0.1, 0.15) is 12.7 Å². The molecular weight excluding hydrogens is 236 g/mol. The van der Waals surface area contributed by atoms with Crippen molar-refractivity contribution in [3.63, 3.8) is 0 Å². The van der Waals surface area contributed by atoms with Crippen LogP contribution in [0.15, 0.2) is 24.3 Å². The number of aromatic nitrogens is 2. The molecule has 1 aromatic heterocycles. The number of sulfone groups is 1. The van der Waals surface area contributed by atoms with E-state index in [1.54, 1.807) is 0 Å². The highest BCUT2D eigenvalue weighted by Gasteiger charge is 2.10. The predicted octanol–water partition coefficient (Wildman–Crippen LogP) is 1.64. The lowest BCUT2D eigenvalue weighted by molar-refractivity contribution is 0.594. The molecule has 1 heterocycles. The van der Waals surface area contributed by atoms with Gasteiger partial charge in [0.25, 0.3) is 0 Å². The molecule has 0 saturated heterocycles. The van der Waals surface area contributed by atoms with Crippen molar-refractivity contribution in [3.8, 4) is 0 Å². The number of imidazole rings is 1. The van der Waals surface area contributed by atoms with Crippen LogP contribution in [0, 0.1) is 0 Å². The van der Waals surface area contributed by atoms with Crippen LogP contribution in [0.4, 0.5) is 0 Å². The van der Waals surface area contributed by atoms with Gasteiger partial charge in [-0.05, 0) is 12.1 Å². The van der Waals surface area contributed by atoms with Crippen LogP contribution in [0.2, 0.25) is 0 Å². The van der Waals surface area contributed by atoms with Crippen LogP contribution in [0.3, 0.4) is 0 Å². The molecule has 0 aliphatic carbocycles. The average molecular weight is 252 g/mol. The van der Waals surface area contributed by atoms with Gasteiger partial charge in [-0.1, -0.05) is 19.1 Å². The van der Waals surface area contributed by atoms with Gasteiger partial charge in [0.15, 0.2) is 0 Å². The average Bonchev–Trinajstić information content (AvgIpc) is 2.63. The van der Waals surface area contributed by atoms with Crippen molar-refractivity contribution in [2.24, 2.45) is 0 Å². The molecule has 92 valence electrons. The summed E-state index contributed by atoms with van der Waals surface area (Å²) in [5.41, 5.74) is 1.94. The van der Waals surface area contributed by atoms with Gasteiger partial charge in [-0.25, -0.2) is 13.4 Å². The molecular formula is C12H16N2O2S. The van der Waals surface area contributed by atoms with Gasteiger partial charge in [0.2, 0.25) is 0 Å². The van der Waals surface area contributed by atoms with E-state index in [9.17, 15) is 8.42 Å². The molecule has 0 radical (unpaired) electrons. The molecule has 0 aliphatic rings. The predicted molar refractivity (Wildman–Crippen MR) is 68.8 cm³/mol. The van der Waals surface area contributed by atoms with Gasteiger partial charge in [0, 0.05) is 19.2 Å². The highest BCUT2D eigenvalue weighted by molar-refractivity contribution is 7.90. The van der Waals surface area contributed by atoms with Crippen LogP contribution in [-0.4, -0.2) is 30.0 Å². The van der Waals surface area contributed by atoms with Gasteiger partial charge in [-0.2, -0.15) is 0 Å². The first kappa shape index (κ1) is 12.1. The molecule has 0 bridgehead atoms. The first-order chi connectivity index (χ1) is 8.01. The zero-order valence-electron chi connectivity index (χ0n) is 10.0. The Morgan fingerprint density at radius 2 is 2.00 bits per heavy atom. The van der Waals surface area contributed by atoms with Crippen molar-refractivity contribution < 1.29 is 8.42 Å². The summed E-state index contributed by atoms with van der Waals surface area (Å²) in [6.07, 6.45) is 2.07. The third kappa shape index (κ3) is 2.66.